The number of ether oxygens (including phenoxy) is 1. The molecule has 0 aliphatic carbocycles. The van der Waals surface area contributed by atoms with Crippen LogP contribution in [0.3, 0.4) is 0 Å². The average Bonchev–Trinajstić information content (AvgIpc) is 2.85. The van der Waals surface area contributed by atoms with Crippen molar-refractivity contribution in [2.24, 2.45) is 0 Å². The predicted molar refractivity (Wildman–Crippen MR) is 138 cm³/mol. The van der Waals surface area contributed by atoms with E-state index in [0.717, 1.165) is 28.5 Å². The maximum absolute atomic E-state index is 12.8. The molecule has 0 aromatic heterocycles. The van der Waals surface area contributed by atoms with Crippen LogP contribution in [0.25, 0.3) is 0 Å². The topological polar surface area (TPSA) is 113 Å². The first-order valence-electron chi connectivity index (χ1n) is 11.2. The summed E-state index contributed by atoms with van der Waals surface area (Å²) in [4.78, 5) is 12.5. The lowest BCUT2D eigenvalue weighted by molar-refractivity contribution is -0.119. The van der Waals surface area contributed by atoms with Gasteiger partial charge in [0.25, 0.3) is 0 Å². The molecule has 2 aromatic rings. The number of amides is 1. The van der Waals surface area contributed by atoms with Gasteiger partial charge in [-0.15, -0.1) is 0 Å². The van der Waals surface area contributed by atoms with Crippen LogP contribution in [0, 0.1) is 0 Å². The second-order valence-corrected chi connectivity index (χ2v) is 13.0. The van der Waals surface area contributed by atoms with E-state index < -0.39 is 26.0 Å². The molecule has 9 nitrogen and oxygen atoms in total. The molecule has 1 N–H and O–H groups in total. The third kappa shape index (κ3) is 8.21. The van der Waals surface area contributed by atoms with Gasteiger partial charge in [-0.05, 0) is 42.0 Å². The van der Waals surface area contributed by atoms with E-state index in [9.17, 15) is 21.6 Å². The summed E-state index contributed by atoms with van der Waals surface area (Å²) in [5.74, 6) is 1.34. The molecule has 0 bridgehead atoms. The molecule has 192 valence electrons. The fourth-order valence-corrected chi connectivity index (χ4v) is 6.66. The summed E-state index contributed by atoms with van der Waals surface area (Å²) in [5.41, 5.74) is 1.47. The molecule has 12 heteroatoms. The minimum absolute atomic E-state index is 0.0639. The molecule has 1 aliphatic rings. The van der Waals surface area contributed by atoms with Gasteiger partial charge < -0.3 is 10.1 Å². The van der Waals surface area contributed by atoms with Crippen LogP contribution in [-0.2, 0) is 35.3 Å². The zero-order valence-electron chi connectivity index (χ0n) is 19.6. The zero-order valence-corrected chi connectivity index (χ0v) is 22.1. The Hall–Kier alpha value is -2.12. The number of thioether (sulfide) groups is 1. The van der Waals surface area contributed by atoms with Crippen molar-refractivity contribution in [2.45, 2.75) is 17.1 Å². The third-order valence-corrected chi connectivity index (χ3v) is 9.49. The number of carbonyl (C=O) groups excluding carboxylic acids is 1. The fraction of sp³-hybridized carbons (Fsp3) is 0.435. The number of morpholine rings is 1. The first-order valence-corrected chi connectivity index (χ1v) is 15.7. The fourth-order valence-electron chi connectivity index (χ4n) is 3.47. The summed E-state index contributed by atoms with van der Waals surface area (Å²) in [6, 6.07) is 15.6. The number of anilines is 1. The van der Waals surface area contributed by atoms with Crippen molar-refractivity contribution in [3.05, 3.63) is 60.2 Å². The van der Waals surface area contributed by atoms with Crippen LogP contribution in [-0.4, -0.2) is 78.4 Å². The molecule has 3 rings (SSSR count). The van der Waals surface area contributed by atoms with Gasteiger partial charge in [-0.25, -0.2) is 16.8 Å². The Bertz CT molecular complexity index is 1170. The minimum atomic E-state index is -3.76. The molecule has 2 aromatic carbocycles. The second-order valence-electron chi connectivity index (χ2n) is 8.02. The first-order chi connectivity index (χ1) is 16.7. The second kappa shape index (κ2) is 12.7. The highest BCUT2D eigenvalue weighted by Gasteiger charge is 2.27. The molecular formula is C23H31N3O6S3. The van der Waals surface area contributed by atoms with E-state index in [1.165, 1.54) is 34.1 Å². The largest absolute Gasteiger partial charge is 0.379 e. The summed E-state index contributed by atoms with van der Waals surface area (Å²) in [7, 11) is -7.46. The Balaban J connectivity index is 1.52. The third-order valence-electron chi connectivity index (χ3n) is 5.32. The Labute approximate surface area is 211 Å². The summed E-state index contributed by atoms with van der Waals surface area (Å²) in [5, 5.41) is 2.76. The predicted octanol–water partition coefficient (Wildman–Crippen LogP) is 1.91. The summed E-state index contributed by atoms with van der Waals surface area (Å²) in [6.45, 7) is 1.26. The molecule has 0 unspecified atom stereocenters. The first kappa shape index (κ1) is 27.5. The van der Waals surface area contributed by atoms with Gasteiger partial charge in [0.05, 0.1) is 30.1 Å². The van der Waals surface area contributed by atoms with Gasteiger partial charge in [-0.1, -0.05) is 30.3 Å². The lowest BCUT2D eigenvalue weighted by Gasteiger charge is -2.26. The highest BCUT2D eigenvalue weighted by atomic mass is 32.2. The average molecular weight is 542 g/mol. The van der Waals surface area contributed by atoms with Crippen LogP contribution >= 0.6 is 11.8 Å². The highest BCUT2D eigenvalue weighted by Crippen LogP contribution is 2.23. The molecule has 0 spiro atoms. The number of benzene rings is 2. The Morgan fingerprint density at radius 1 is 1.03 bits per heavy atom. The molecule has 0 atom stereocenters. The lowest BCUT2D eigenvalue weighted by Crippen LogP contribution is -2.41. The van der Waals surface area contributed by atoms with Crippen molar-refractivity contribution in [3.8, 4) is 0 Å². The number of hydrogen-bond donors (Lipinski definition) is 1. The van der Waals surface area contributed by atoms with E-state index in [1.54, 1.807) is 11.8 Å². The van der Waals surface area contributed by atoms with E-state index in [-0.39, 0.29) is 30.2 Å². The van der Waals surface area contributed by atoms with Gasteiger partial charge in [-0.3, -0.25) is 9.10 Å². The van der Waals surface area contributed by atoms with Gasteiger partial charge in [0, 0.05) is 25.4 Å². The van der Waals surface area contributed by atoms with Crippen LogP contribution in [0.5, 0.6) is 0 Å². The number of carbonyl (C=O) groups is 1. The molecule has 1 saturated heterocycles. The van der Waals surface area contributed by atoms with Crippen molar-refractivity contribution < 1.29 is 26.4 Å². The molecule has 35 heavy (non-hydrogen) atoms. The molecule has 0 saturated carbocycles. The van der Waals surface area contributed by atoms with Gasteiger partial charge in [0.15, 0.2) is 0 Å². The van der Waals surface area contributed by atoms with Gasteiger partial charge >= 0.3 is 0 Å². The van der Waals surface area contributed by atoms with Crippen molar-refractivity contribution in [1.82, 2.24) is 9.62 Å². The van der Waals surface area contributed by atoms with Crippen LogP contribution in [0.15, 0.2) is 59.5 Å². The maximum Gasteiger partial charge on any atom is 0.243 e. The molecule has 0 radical (unpaired) electrons. The highest BCUT2D eigenvalue weighted by molar-refractivity contribution is 7.98. The SMILES string of the molecule is CS(=O)(=O)N(CC(=O)NCCCSCc1ccccc1)c1ccc(S(=O)(=O)N2CCOCC2)cc1. The standard InChI is InChI=1S/C23H31N3O6S3/c1-34(28,29)26(18-23(27)24-12-5-17-33-19-20-6-3-2-4-7-20)21-8-10-22(11-9-21)35(30,31)25-13-15-32-16-14-25/h2-4,6-11H,5,12-19H2,1H3,(H,24,27). The summed E-state index contributed by atoms with van der Waals surface area (Å²) in [6.07, 6.45) is 1.77. The maximum atomic E-state index is 12.8. The molecule has 1 fully saturated rings. The van der Waals surface area contributed by atoms with Gasteiger partial charge in [0.2, 0.25) is 26.0 Å². The van der Waals surface area contributed by atoms with E-state index >= 15 is 0 Å². The molecule has 1 amide bonds. The lowest BCUT2D eigenvalue weighted by atomic mass is 10.2. The van der Waals surface area contributed by atoms with Gasteiger partial charge in [-0.2, -0.15) is 16.1 Å². The minimum Gasteiger partial charge on any atom is -0.379 e. The van der Waals surface area contributed by atoms with Crippen LogP contribution in [0.2, 0.25) is 0 Å². The number of nitrogens with one attached hydrogen (secondary N) is 1. The smallest absolute Gasteiger partial charge is 0.243 e. The number of sulfonamides is 2. The molecule has 1 aliphatic heterocycles. The van der Waals surface area contributed by atoms with E-state index in [4.69, 9.17) is 4.74 Å². The Morgan fingerprint density at radius 2 is 1.69 bits per heavy atom. The van der Waals surface area contributed by atoms with Crippen LogP contribution in [0.1, 0.15) is 12.0 Å². The summed E-state index contributed by atoms with van der Waals surface area (Å²) >= 11 is 1.77. The van der Waals surface area contributed by atoms with E-state index in [2.05, 4.69) is 17.4 Å². The van der Waals surface area contributed by atoms with Crippen LogP contribution in [0.4, 0.5) is 5.69 Å². The monoisotopic (exact) mass is 541 g/mol. The summed E-state index contributed by atoms with van der Waals surface area (Å²) < 4.78 is 57.8. The Morgan fingerprint density at radius 3 is 2.31 bits per heavy atom. The number of rotatable bonds is 12. The normalized spacial score (nSPS) is 15.0. The van der Waals surface area contributed by atoms with Crippen LogP contribution < -0.4 is 9.62 Å². The Kier molecular flexibility index (Phi) is 9.99. The zero-order chi connectivity index (χ0) is 25.3. The van der Waals surface area contributed by atoms with Crippen molar-refractivity contribution in [2.75, 3.05) is 55.7 Å². The number of nitrogens with zero attached hydrogens (tertiary/aromatic N) is 2. The quantitative estimate of drug-likeness (QED) is 0.409. The van der Waals surface area contributed by atoms with Gasteiger partial charge in [0.1, 0.15) is 6.54 Å². The van der Waals surface area contributed by atoms with E-state index in [0.29, 0.717) is 19.8 Å². The van der Waals surface area contributed by atoms with Crippen molar-refractivity contribution in [3.63, 3.8) is 0 Å². The van der Waals surface area contributed by atoms with Crippen molar-refractivity contribution in [1.29, 1.82) is 0 Å². The van der Waals surface area contributed by atoms with E-state index in [1.807, 2.05) is 18.2 Å². The molecule has 1 heterocycles. The molecular weight excluding hydrogens is 510 g/mol. The van der Waals surface area contributed by atoms with Crippen molar-refractivity contribution >= 4 is 43.4 Å². The number of hydrogen-bond acceptors (Lipinski definition) is 7.